The Morgan fingerprint density at radius 3 is 2.89 bits per heavy atom. The maximum Gasteiger partial charge on any atom is 0.230 e. The molecule has 1 aliphatic heterocycles. The van der Waals surface area contributed by atoms with E-state index in [0.29, 0.717) is 0 Å². The maximum absolute atomic E-state index is 12.7. The van der Waals surface area contributed by atoms with Gasteiger partial charge in [-0.2, -0.15) is 0 Å². The number of carbonyl (C=O) groups is 1. The van der Waals surface area contributed by atoms with Crippen molar-refractivity contribution in [2.45, 2.75) is 46.0 Å². The van der Waals surface area contributed by atoms with Gasteiger partial charge < -0.3 is 10.6 Å². The van der Waals surface area contributed by atoms with Gasteiger partial charge in [0, 0.05) is 12.5 Å². The van der Waals surface area contributed by atoms with Gasteiger partial charge in [-0.3, -0.25) is 4.79 Å². The minimum Gasteiger partial charge on any atom is -0.397 e. The van der Waals surface area contributed by atoms with Gasteiger partial charge in [0.15, 0.2) is 0 Å². The van der Waals surface area contributed by atoms with E-state index in [-0.39, 0.29) is 11.8 Å². The summed E-state index contributed by atoms with van der Waals surface area (Å²) in [6.45, 7) is 5.05. The Labute approximate surface area is 115 Å². The molecule has 2 rings (SSSR count). The fourth-order valence-corrected chi connectivity index (χ4v) is 2.88. The molecule has 2 N–H and O–H groups in total. The molecule has 1 atom stereocenters. The van der Waals surface area contributed by atoms with Crippen LogP contribution in [0.1, 0.15) is 45.1 Å². The highest BCUT2D eigenvalue weighted by molar-refractivity contribution is 6.00. The van der Waals surface area contributed by atoms with Gasteiger partial charge in [-0.05, 0) is 30.9 Å². The van der Waals surface area contributed by atoms with Gasteiger partial charge in [0.25, 0.3) is 0 Å². The predicted octanol–water partition coefficient (Wildman–Crippen LogP) is 3.37. The number of rotatable bonds is 5. The van der Waals surface area contributed by atoms with Crippen molar-refractivity contribution in [1.82, 2.24) is 0 Å². The van der Waals surface area contributed by atoms with Gasteiger partial charge in [-0.25, -0.2) is 0 Å². The van der Waals surface area contributed by atoms with Crippen LogP contribution in [0.25, 0.3) is 0 Å². The minimum atomic E-state index is 0.144. The predicted molar refractivity (Wildman–Crippen MR) is 80.2 cm³/mol. The molecule has 104 valence electrons. The van der Waals surface area contributed by atoms with E-state index in [0.717, 1.165) is 50.0 Å². The van der Waals surface area contributed by atoms with E-state index in [9.17, 15) is 4.79 Å². The molecular formula is C16H24N2O. The molecule has 0 saturated carbocycles. The van der Waals surface area contributed by atoms with Crippen molar-refractivity contribution in [3.63, 3.8) is 0 Å². The second-order valence-electron chi connectivity index (χ2n) is 5.34. The van der Waals surface area contributed by atoms with Crippen molar-refractivity contribution >= 4 is 17.3 Å². The first-order chi connectivity index (χ1) is 9.19. The van der Waals surface area contributed by atoms with Crippen molar-refractivity contribution in [3.05, 3.63) is 23.8 Å². The highest BCUT2D eigenvalue weighted by atomic mass is 16.2. The summed E-state index contributed by atoms with van der Waals surface area (Å²) in [5.41, 5.74) is 8.95. The van der Waals surface area contributed by atoms with E-state index in [1.807, 2.05) is 17.0 Å². The molecule has 1 aromatic carbocycles. The molecule has 1 heterocycles. The number of carbonyl (C=O) groups excluding carboxylic acids is 1. The number of hydrogen-bond acceptors (Lipinski definition) is 2. The van der Waals surface area contributed by atoms with E-state index < -0.39 is 0 Å². The molecule has 0 aliphatic carbocycles. The Balaban J connectivity index is 2.18. The zero-order valence-corrected chi connectivity index (χ0v) is 12.0. The second-order valence-corrected chi connectivity index (χ2v) is 5.34. The SMILES string of the molecule is CCCCC(CC)C(=O)N1CCc2cccc(N)c21. The quantitative estimate of drug-likeness (QED) is 0.825. The van der Waals surface area contributed by atoms with Crippen LogP contribution < -0.4 is 10.6 Å². The first-order valence-electron chi connectivity index (χ1n) is 7.37. The lowest BCUT2D eigenvalue weighted by Gasteiger charge is -2.24. The van der Waals surface area contributed by atoms with Crippen LogP contribution in [-0.4, -0.2) is 12.5 Å². The molecule has 3 nitrogen and oxygen atoms in total. The Kier molecular flexibility index (Phi) is 4.46. The van der Waals surface area contributed by atoms with Gasteiger partial charge in [0.05, 0.1) is 11.4 Å². The average molecular weight is 260 g/mol. The molecule has 1 aliphatic rings. The average Bonchev–Trinajstić information content (AvgIpc) is 2.84. The fourth-order valence-electron chi connectivity index (χ4n) is 2.88. The second kappa shape index (κ2) is 6.09. The molecule has 0 saturated heterocycles. The van der Waals surface area contributed by atoms with Crippen molar-refractivity contribution in [3.8, 4) is 0 Å². The number of para-hydroxylation sites is 1. The van der Waals surface area contributed by atoms with Gasteiger partial charge in [-0.15, -0.1) is 0 Å². The van der Waals surface area contributed by atoms with Crippen molar-refractivity contribution in [2.75, 3.05) is 17.2 Å². The molecule has 0 bridgehead atoms. The van der Waals surface area contributed by atoms with Crippen LogP contribution in [0.2, 0.25) is 0 Å². The number of unbranched alkanes of at least 4 members (excludes halogenated alkanes) is 1. The standard InChI is InChI=1S/C16H24N2O/c1-3-5-7-12(4-2)16(19)18-11-10-13-8-6-9-14(17)15(13)18/h6,8-9,12H,3-5,7,10-11,17H2,1-2H3. The van der Waals surface area contributed by atoms with Crippen LogP contribution >= 0.6 is 0 Å². The summed E-state index contributed by atoms with van der Waals surface area (Å²) >= 11 is 0. The number of anilines is 2. The van der Waals surface area contributed by atoms with Gasteiger partial charge in [0.2, 0.25) is 5.91 Å². The topological polar surface area (TPSA) is 46.3 Å². The van der Waals surface area contributed by atoms with E-state index in [4.69, 9.17) is 5.73 Å². The van der Waals surface area contributed by atoms with Crippen molar-refractivity contribution < 1.29 is 4.79 Å². The Bertz CT molecular complexity index is 456. The normalized spacial score (nSPS) is 15.4. The summed E-state index contributed by atoms with van der Waals surface area (Å²) in [6, 6.07) is 5.93. The van der Waals surface area contributed by atoms with E-state index >= 15 is 0 Å². The Morgan fingerprint density at radius 1 is 1.42 bits per heavy atom. The number of amides is 1. The molecule has 3 heteroatoms. The maximum atomic E-state index is 12.7. The lowest BCUT2D eigenvalue weighted by molar-refractivity contribution is -0.122. The lowest BCUT2D eigenvalue weighted by Crippen LogP contribution is -2.35. The number of hydrogen-bond donors (Lipinski definition) is 1. The smallest absolute Gasteiger partial charge is 0.230 e. The summed E-state index contributed by atoms with van der Waals surface area (Å²) in [5, 5.41) is 0. The number of benzene rings is 1. The van der Waals surface area contributed by atoms with Gasteiger partial charge in [-0.1, -0.05) is 38.8 Å². The van der Waals surface area contributed by atoms with Crippen molar-refractivity contribution in [2.24, 2.45) is 5.92 Å². The third-order valence-corrected chi connectivity index (χ3v) is 4.04. The summed E-state index contributed by atoms with van der Waals surface area (Å²) < 4.78 is 0. The zero-order chi connectivity index (χ0) is 13.8. The van der Waals surface area contributed by atoms with E-state index in [2.05, 4.69) is 19.9 Å². The molecule has 0 aromatic heterocycles. The highest BCUT2D eigenvalue weighted by Gasteiger charge is 2.30. The molecule has 19 heavy (non-hydrogen) atoms. The third-order valence-electron chi connectivity index (χ3n) is 4.04. The summed E-state index contributed by atoms with van der Waals surface area (Å²) in [6.07, 6.45) is 5.09. The molecule has 0 fully saturated rings. The van der Waals surface area contributed by atoms with E-state index in [1.165, 1.54) is 5.56 Å². The summed E-state index contributed by atoms with van der Waals surface area (Å²) in [5.74, 6) is 0.401. The van der Waals surface area contributed by atoms with Crippen LogP contribution in [0.5, 0.6) is 0 Å². The van der Waals surface area contributed by atoms with Gasteiger partial charge in [0.1, 0.15) is 0 Å². The van der Waals surface area contributed by atoms with Crippen LogP contribution in [0.4, 0.5) is 11.4 Å². The Hall–Kier alpha value is -1.51. The zero-order valence-electron chi connectivity index (χ0n) is 12.0. The number of fused-ring (bicyclic) bond motifs is 1. The van der Waals surface area contributed by atoms with Gasteiger partial charge >= 0.3 is 0 Å². The first kappa shape index (κ1) is 13.9. The molecule has 0 spiro atoms. The number of nitrogen functional groups attached to an aromatic ring is 1. The molecular weight excluding hydrogens is 236 g/mol. The van der Waals surface area contributed by atoms with Crippen LogP contribution in [0, 0.1) is 5.92 Å². The molecule has 1 amide bonds. The lowest BCUT2D eigenvalue weighted by atomic mass is 9.97. The number of nitrogens with zero attached hydrogens (tertiary/aromatic N) is 1. The molecule has 1 aromatic rings. The summed E-state index contributed by atoms with van der Waals surface area (Å²) in [4.78, 5) is 14.6. The van der Waals surface area contributed by atoms with Crippen LogP contribution in [0.3, 0.4) is 0 Å². The summed E-state index contributed by atoms with van der Waals surface area (Å²) in [7, 11) is 0. The Morgan fingerprint density at radius 2 is 2.21 bits per heavy atom. The van der Waals surface area contributed by atoms with E-state index in [1.54, 1.807) is 0 Å². The highest BCUT2D eigenvalue weighted by Crippen LogP contribution is 2.35. The third kappa shape index (κ3) is 2.75. The number of nitrogens with two attached hydrogens (primary N) is 1. The monoisotopic (exact) mass is 260 g/mol. The van der Waals surface area contributed by atoms with Crippen molar-refractivity contribution in [1.29, 1.82) is 0 Å². The van der Waals surface area contributed by atoms with Crippen LogP contribution in [-0.2, 0) is 11.2 Å². The molecule has 0 radical (unpaired) electrons. The first-order valence-corrected chi connectivity index (χ1v) is 7.37. The van der Waals surface area contributed by atoms with Crippen LogP contribution in [0.15, 0.2) is 18.2 Å². The largest absolute Gasteiger partial charge is 0.397 e. The fraction of sp³-hybridized carbons (Fsp3) is 0.562. The minimum absolute atomic E-state index is 0.144. The molecule has 1 unspecified atom stereocenters.